The third-order valence-corrected chi connectivity index (χ3v) is 2.86. The Morgan fingerprint density at radius 2 is 1.90 bits per heavy atom. The maximum absolute atomic E-state index is 12.2. The molecule has 0 unspecified atom stereocenters. The predicted molar refractivity (Wildman–Crippen MR) is 80.8 cm³/mol. The van der Waals surface area contributed by atoms with Gasteiger partial charge in [0.25, 0.3) is 5.91 Å². The molecule has 2 rings (SSSR count). The lowest BCUT2D eigenvalue weighted by atomic mass is 10.2. The van der Waals surface area contributed by atoms with Gasteiger partial charge < -0.3 is 15.6 Å². The van der Waals surface area contributed by atoms with Crippen molar-refractivity contribution in [3.8, 4) is 0 Å². The van der Waals surface area contributed by atoms with Crippen molar-refractivity contribution in [1.29, 1.82) is 0 Å². The topological polar surface area (TPSA) is 83.3 Å². The second-order valence-corrected chi connectivity index (χ2v) is 4.46. The number of nitrogens with one attached hydrogen (secondary N) is 2. The van der Waals surface area contributed by atoms with Crippen LogP contribution in [-0.2, 0) is 0 Å². The van der Waals surface area contributed by atoms with Gasteiger partial charge in [0.1, 0.15) is 0 Å². The maximum Gasteiger partial charge on any atom is 0.259 e. The van der Waals surface area contributed by atoms with E-state index in [-0.39, 0.29) is 5.91 Å². The van der Waals surface area contributed by atoms with Crippen molar-refractivity contribution in [3.63, 3.8) is 0 Å². The van der Waals surface area contributed by atoms with E-state index in [0.29, 0.717) is 16.9 Å². The summed E-state index contributed by atoms with van der Waals surface area (Å²) in [7, 11) is 3.92. The number of nitrogens with two attached hydrogens (primary N) is 1. The number of anilines is 3. The van der Waals surface area contributed by atoms with E-state index >= 15 is 0 Å². The molecule has 0 aliphatic rings. The average Bonchev–Trinajstić information content (AvgIpc) is 2.47. The van der Waals surface area contributed by atoms with E-state index in [1.807, 2.05) is 43.3 Å². The number of hydrazine groups is 1. The number of aromatic nitrogens is 1. The van der Waals surface area contributed by atoms with Gasteiger partial charge in [-0.15, -0.1) is 0 Å². The van der Waals surface area contributed by atoms with E-state index in [1.165, 1.54) is 6.20 Å². The zero-order valence-corrected chi connectivity index (χ0v) is 11.4. The summed E-state index contributed by atoms with van der Waals surface area (Å²) in [5, 5.41) is 2.81. The Morgan fingerprint density at radius 3 is 2.50 bits per heavy atom. The fraction of sp³-hybridized carbons (Fsp3) is 0.143. The highest BCUT2D eigenvalue weighted by molar-refractivity contribution is 6.07. The van der Waals surface area contributed by atoms with E-state index in [2.05, 4.69) is 15.7 Å². The third kappa shape index (κ3) is 3.04. The number of hydrogen-bond donors (Lipinski definition) is 3. The quantitative estimate of drug-likeness (QED) is 0.582. The molecule has 0 saturated carbocycles. The van der Waals surface area contributed by atoms with Gasteiger partial charge in [-0.1, -0.05) is 0 Å². The van der Waals surface area contributed by atoms with Crippen LogP contribution in [0.2, 0.25) is 0 Å². The van der Waals surface area contributed by atoms with Gasteiger partial charge in [-0.25, -0.2) is 0 Å². The molecule has 2 aromatic rings. The van der Waals surface area contributed by atoms with Crippen LogP contribution in [0.5, 0.6) is 0 Å². The van der Waals surface area contributed by atoms with Crippen LogP contribution in [0, 0.1) is 0 Å². The van der Waals surface area contributed by atoms with Gasteiger partial charge in [0, 0.05) is 37.9 Å². The molecule has 0 fully saturated rings. The Morgan fingerprint density at radius 1 is 1.20 bits per heavy atom. The number of carbonyl (C=O) groups is 1. The number of nitrogen functional groups attached to an aromatic ring is 1. The van der Waals surface area contributed by atoms with Crippen LogP contribution in [0.1, 0.15) is 10.4 Å². The summed E-state index contributed by atoms with van der Waals surface area (Å²) in [4.78, 5) is 18.1. The summed E-state index contributed by atoms with van der Waals surface area (Å²) in [6, 6.07) is 9.20. The summed E-state index contributed by atoms with van der Waals surface area (Å²) in [5.41, 5.74) is 5.18. The Hall–Kier alpha value is -2.60. The third-order valence-electron chi connectivity index (χ3n) is 2.86. The molecule has 104 valence electrons. The van der Waals surface area contributed by atoms with Gasteiger partial charge in [-0.3, -0.25) is 15.6 Å². The first kappa shape index (κ1) is 13.8. The maximum atomic E-state index is 12.2. The molecule has 6 nitrogen and oxygen atoms in total. The van der Waals surface area contributed by atoms with Crippen molar-refractivity contribution in [2.45, 2.75) is 0 Å². The van der Waals surface area contributed by atoms with Crippen LogP contribution in [-0.4, -0.2) is 25.0 Å². The smallest absolute Gasteiger partial charge is 0.259 e. The fourth-order valence-corrected chi connectivity index (χ4v) is 1.74. The molecule has 0 spiro atoms. The highest BCUT2D eigenvalue weighted by Gasteiger charge is 2.11. The van der Waals surface area contributed by atoms with Crippen molar-refractivity contribution in [2.75, 3.05) is 29.7 Å². The SMILES string of the molecule is CN(C)c1ccc(NC(=O)c2cnccc2NN)cc1. The molecule has 1 heterocycles. The van der Waals surface area contributed by atoms with Gasteiger partial charge in [0.15, 0.2) is 0 Å². The second-order valence-electron chi connectivity index (χ2n) is 4.46. The van der Waals surface area contributed by atoms with Crippen LogP contribution in [0.25, 0.3) is 0 Å². The number of benzene rings is 1. The number of amides is 1. The van der Waals surface area contributed by atoms with E-state index in [4.69, 9.17) is 5.84 Å². The average molecular weight is 271 g/mol. The molecule has 20 heavy (non-hydrogen) atoms. The lowest BCUT2D eigenvalue weighted by Gasteiger charge is -2.13. The molecule has 1 amide bonds. The first-order valence-corrected chi connectivity index (χ1v) is 6.11. The number of hydrogen-bond acceptors (Lipinski definition) is 5. The number of rotatable bonds is 4. The van der Waals surface area contributed by atoms with Crippen LogP contribution in [0.3, 0.4) is 0 Å². The highest BCUT2D eigenvalue weighted by Crippen LogP contribution is 2.18. The first-order valence-electron chi connectivity index (χ1n) is 6.11. The molecule has 1 aromatic carbocycles. The van der Waals surface area contributed by atoms with Gasteiger partial charge in [0.2, 0.25) is 0 Å². The van der Waals surface area contributed by atoms with E-state index in [1.54, 1.807) is 12.3 Å². The minimum absolute atomic E-state index is 0.261. The minimum Gasteiger partial charge on any atom is -0.378 e. The van der Waals surface area contributed by atoms with E-state index < -0.39 is 0 Å². The van der Waals surface area contributed by atoms with E-state index in [0.717, 1.165) is 5.69 Å². The van der Waals surface area contributed by atoms with Crippen LogP contribution >= 0.6 is 0 Å². The van der Waals surface area contributed by atoms with Crippen molar-refractivity contribution < 1.29 is 4.79 Å². The number of pyridine rings is 1. The Kier molecular flexibility index (Phi) is 4.17. The second kappa shape index (κ2) is 6.03. The zero-order chi connectivity index (χ0) is 14.5. The molecule has 0 radical (unpaired) electrons. The summed E-state index contributed by atoms with van der Waals surface area (Å²) in [5.74, 6) is 5.11. The molecular weight excluding hydrogens is 254 g/mol. The number of carbonyl (C=O) groups excluding carboxylic acids is 1. The lowest BCUT2D eigenvalue weighted by molar-refractivity contribution is 0.102. The van der Waals surface area contributed by atoms with Crippen molar-refractivity contribution in [1.82, 2.24) is 4.98 Å². The summed E-state index contributed by atoms with van der Waals surface area (Å²) < 4.78 is 0. The van der Waals surface area contributed by atoms with Gasteiger partial charge in [0.05, 0.1) is 11.3 Å². The monoisotopic (exact) mass is 271 g/mol. The standard InChI is InChI=1S/C14H17N5O/c1-19(2)11-5-3-10(4-6-11)17-14(20)12-9-16-8-7-13(12)18-15/h3-9H,15H2,1-2H3,(H,16,18)(H,17,20). The normalized spacial score (nSPS) is 9.95. The van der Waals surface area contributed by atoms with Crippen molar-refractivity contribution in [2.24, 2.45) is 5.84 Å². The van der Waals surface area contributed by atoms with Gasteiger partial charge >= 0.3 is 0 Å². The van der Waals surface area contributed by atoms with Crippen LogP contribution in [0.15, 0.2) is 42.7 Å². The predicted octanol–water partition coefficient (Wildman–Crippen LogP) is 1.69. The highest BCUT2D eigenvalue weighted by atomic mass is 16.1. The number of nitrogens with zero attached hydrogens (tertiary/aromatic N) is 2. The van der Waals surface area contributed by atoms with Crippen molar-refractivity contribution in [3.05, 3.63) is 48.3 Å². The van der Waals surface area contributed by atoms with Gasteiger partial charge in [-0.05, 0) is 30.3 Å². The summed E-state index contributed by atoms with van der Waals surface area (Å²) >= 11 is 0. The zero-order valence-electron chi connectivity index (χ0n) is 11.4. The lowest BCUT2D eigenvalue weighted by Crippen LogP contribution is -2.17. The molecule has 6 heteroatoms. The minimum atomic E-state index is -0.261. The van der Waals surface area contributed by atoms with E-state index in [9.17, 15) is 4.79 Å². The Labute approximate surface area is 117 Å². The molecule has 0 bridgehead atoms. The molecule has 1 aromatic heterocycles. The molecule has 0 atom stereocenters. The van der Waals surface area contributed by atoms with Gasteiger partial charge in [-0.2, -0.15) is 0 Å². The molecule has 0 aliphatic heterocycles. The summed E-state index contributed by atoms with van der Waals surface area (Å²) in [6.07, 6.45) is 3.04. The molecule has 0 saturated heterocycles. The Balaban J connectivity index is 2.15. The summed E-state index contributed by atoms with van der Waals surface area (Å²) in [6.45, 7) is 0. The molecular formula is C14H17N5O. The fourth-order valence-electron chi connectivity index (χ4n) is 1.74. The van der Waals surface area contributed by atoms with Crippen molar-refractivity contribution >= 4 is 23.0 Å². The van der Waals surface area contributed by atoms with Crippen LogP contribution in [0.4, 0.5) is 17.1 Å². The Bertz CT molecular complexity index is 595. The van der Waals surface area contributed by atoms with Crippen LogP contribution < -0.4 is 21.5 Å². The first-order chi connectivity index (χ1) is 9.61. The molecule has 0 aliphatic carbocycles. The largest absolute Gasteiger partial charge is 0.378 e. The molecule has 4 N–H and O–H groups in total.